The highest BCUT2D eigenvalue weighted by Gasteiger charge is 2.14. The molecule has 6 heteroatoms. The summed E-state index contributed by atoms with van der Waals surface area (Å²) in [6.45, 7) is 2.08. The van der Waals surface area contributed by atoms with Crippen molar-refractivity contribution >= 4 is 21.6 Å². The van der Waals surface area contributed by atoms with Crippen molar-refractivity contribution in [3.05, 3.63) is 59.7 Å². The average Bonchev–Trinajstić information content (AvgIpc) is 2.55. The van der Waals surface area contributed by atoms with Crippen molar-refractivity contribution < 1.29 is 13.2 Å². The van der Waals surface area contributed by atoms with Crippen molar-refractivity contribution in [1.82, 2.24) is 4.90 Å². The monoisotopic (exact) mass is 346 g/mol. The molecule has 0 atom stereocenters. The molecule has 2 aromatic rings. The highest BCUT2D eigenvalue weighted by molar-refractivity contribution is 7.92. The molecule has 1 N–H and O–H groups in total. The molecule has 0 fully saturated rings. The van der Waals surface area contributed by atoms with Crippen molar-refractivity contribution in [3.63, 3.8) is 0 Å². The molecule has 2 rings (SSSR count). The molecule has 1 amide bonds. The van der Waals surface area contributed by atoms with E-state index >= 15 is 0 Å². The molecule has 24 heavy (non-hydrogen) atoms. The predicted octanol–water partition coefficient (Wildman–Crippen LogP) is 3.14. The fourth-order valence-electron chi connectivity index (χ4n) is 2.28. The Balaban J connectivity index is 2.15. The summed E-state index contributed by atoms with van der Waals surface area (Å²) in [5.41, 5.74) is 2.04. The fourth-order valence-corrected chi connectivity index (χ4v) is 3.34. The Morgan fingerprint density at radius 3 is 2.08 bits per heavy atom. The molecule has 0 unspecified atom stereocenters. The van der Waals surface area contributed by atoms with Gasteiger partial charge in [-0.2, -0.15) is 0 Å². The summed E-state index contributed by atoms with van der Waals surface area (Å²) in [6, 6.07) is 13.2. The van der Waals surface area contributed by atoms with Crippen LogP contribution in [0.1, 0.15) is 29.3 Å². The molecule has 0 radical (unpaired) electrons. The lowest BCUT2D eigenvalue weighted by atomic mass is 10.1. The van der Waals surface area contributed by atoms with E-state index in [1.165, 1.54) is 4.90 Å². The molecule has 0 spiro atoms. The van der Waals surface area contributed by atoms with E-state index in [2.05, 4.69) is 11.6 Å². The molecule has 128 valence electrons. The van der Waals surface area contributed by atoms with Crippen LogP contribution < -0.4 is 4.72 Å². The molecular formula is C18H22N2O3S. The van der Waals surface area contributed by atoms with Crippen molar-refractivity contribution in [2.45, 2.75) is 24.7 Å². The first-order valence-corrected chi connectivity index (χ1v) is 9.25. The van der Waals surface area contributed by atoms with Gasteiger partial charge in [0.05, 0.1) is 4.90 Å². The molecule has 5 nitrogen and oxygen atoms in total. The van der Waals surface area contributed by atoms with Crippen LogP contribution in [0.25, 0.3) is 0 Å². The molecule has 0 bridgehead atoms. The summed E-state index contributed by atoms with van der Waals surface area (Å²) < 4.78 is 27.4. The van der Waals surface area contributed by atoms with Crippen molar-refractivity contribution in [3.8, 4) is 0 Å². The van der Waals surface area contributed by atoms with Gasteiger partial charge < -0.3 is 4.90 Å². The van der Waals surface area contributed by atoms with Gasteiger partial charge in [0.25, 0.3) is 15.9 Å². The number of aryl methyl sites for hydroxylation is 1. The lowest BCUT2D eigenvalue weighted by Crippen LogP contribution is -2.21. The third kappa shape index (κ3) is 4.35. The number of hydrogen-bond acceptors (Lipinski definition) is 3. The second-order valence-corrected chi connectivity index (χ2v) is 7.46. The number of nitrogens with one attached hydrogen (secondary N) is 1. The normalized spacial score (nSPS) is 11.1. The van der Waals surface area contributed by atoms with Crippen LogP contribution in [0.2, 0.25) is 0 Å². The third-order valence-electron chi connectivity index (χ3n) is 3.56. The van der Waals surface area contributed by atoms with Crippen LogP contribution in [-0.2, 0) is 16.4 Å². The summed E-state index contributed by atoms with van der Waals surface area (Å²) in [5, 5.41) is 0. The predicted molar refractivity (Wildman–Crippen MR) is 95.7 cm³/mol. The summed E-state index contributed by atoms with van der Waals surface area (Å²) in [4.78, 5) is 13.5. The highest BCUT2D eigenvalue weighted by atomic mass is 32.2. The maximum atomic E-state index is 12.4. The van der Waals surface area contributed by atoms with Crippen LogP contribution in [0.3, 0.4) is 0 Å². The first-order valence-electron chi connectivity index (χ1n) is 7.77. The van der Waals surface area contributed by atoms with Gasteiger partial charge in [0.1, 0.15) is 0 Å². The zero-order valence-corrected chi connectivity index (χ0v) is 14.9. The number of rotatable bonds is 6. The Morgan fingerprint density at radius 2 is 1.58 bits per heavy atom. The average molecular weight is 346 g/mol. The third-order valence-corrected chi connectivity index (χ3v) is 4.96. The summed E-state index contributed by atoms with van der Waals surface area (Å²) >= 11 is 0. The number of hydrogen-bond donors (Lipinski definition) is 1. The van der Waals surface area contributed by atoms with Crippen LogP contribution in [0, 0.1) is 0 Å². The topological polar surface area (TPSA) is 66.5 Å². The molecule has 2 aromatic carbocycles. The van der Waals surface area contributed by atoms with Gasteiger partial charge in [-0.25, -0.2) is 8.42 Å². The Bertz CT molecular complexity index is 795. The van der Waals surface area contributed by atoms with Crippen LogP contribution >= 0.6 is 0 Å². The first kappa shape index (κ1) is 18.0. The lowest BCUT2D eigenvalue weighted by Gasteiger charge is -2.12. The quantitative estimate of drug-likeness (QED) is 0.874. The smallest absolute Gasteiger partial charge is 0.261 e. The van der Waals surface area contributed by atoms with E-state index < -0.39 is 10.0 Å². The van der Waals surface area contributed by atoms with Gasteiger partial charge >= 0.3 is 0 Å². The minimum Gasteiger partial charge on any atom is -0.345 e. The molecule has 0 aromatic heterocycles. The van der Waals surface area contributed by atoms with Gasteiger partial charge in [-0.1, -0.05) is 25.5 Å². The maximum Gasteiger partial charge on any atom is 0.261 e. The van der Waals surface area contributed by atoms with Gasteiger partial charge in [-0.05, 0) is 48.4 Å². The minimum atomic E-state index is -3.64. The maximum absolute atomic E-state index is 12.4. The Hall–Kier alpha value is -2.34. The van der Waals surface area contributed by atoms with Gasteiger partial charge in [0.2, 0.25) is 0 Å². The van der Waals surface area contributed by atoms with Crippen LogP contribution in [0.4, 0.5) is 5.69 Å². The zero-order chi connectivity index (χ0) is 17.7. The Morgan fingerprint density at radius 1 is 1.00 bits per heavy atom. The van der Waals surface area contributed by atoms with Crippen LogP contribution in [-0.4, -0.2) is 33.3 Å². The fraction of sp³-hybridized carbons (Fsp3) is 0.278. The SMILES string of the molecule is CCCc1ccc(S(=O)(=O)Nc2ccc(C(=O)N(C)C)cc2)cc1. The van der Waals surface area contributed by atoms with Crippen LogP contribution in [0.15, 0.2) is 53.4 Å². The van der Waals surface area contributed by atoms with E-state index in [9.17, 15) is 13.2 Å². The van der Waals surface area contributed by atoms with Crippen LogP contribution in [0.5, 0.6) is 0 Å². The highest BCUT2D eigenvalue weighted by Crippen LogP contribution is 2.18. The zero-order valence-electron chi connectivity index (χ0n) is 14.1. The molecule has 0 aliphatic heterocycles. The second kappa shape index (κ2) is 7.49. The lowest BCUT2D eigenvalue weighted by molar-refractivity contribution is 0.0827. The number of carbonyl (C=O) groups is 1. The molecule has 0 heterocycles. The van der Waals surface area contributed by atoms with E-state index in [1.54, 1.807) is 50.5 Å². The van der Waals surface area contributed by atoms with Crippen molar-refractivity contribution in [1.29, 1.82) is 0 Å². The largest absolute Gasteiger partial charge is 0.345 e. The van der Waals surface area contributed by atoms with Crippen molar-refractivity contribution in [2.75, 3.05) is 18.8 Å². The van der Waals surface area contributed by atoms with E-state index in [1.807, 2.05) is 12.1 Å². The summed E-state index contributed by atoms with van der Waals surface area (Å²) in [7, 11) is -0.304. The number of carbonyl (C=O) groups excluding carboxylic acids is 1. The summed E-state index contributed by atoms with van der Waals surface area (Å²) in [6.07, 6.45) is 1.94. The van der Waals surface area contributed by atoms with E-state index in [0.717, 1.165) is 18.4 Å². The molecule has 0 saturated carbocycles. The van der Waals surface area contributed by atoms with Gasteiger partial charge in [-0.15, -0.1) is 0 Å². The standard InChI is InChI=1S/C18H22N2O3S/c1-4-5-14-6-12-17(13-7-14)24(22,23)19-16-10-8-15(9-11-16)18(21)20(2)3/h6-13,19H,4-5H2,1-3H3. The molecule has 0 aliphatic rings. The number of anilines is 1. The van der Waals surface area contributed by atoms with E-state index in [-0.39, 0.29) is 10.8 Å². The van der Waals surface area contributed by atoms with Gasteiger partial charge in [-0.3, -0.25) is 9.52 Å². The van der Waals surface area contributed by atoms with Gasteiger partial charge in [0.15, 0.2) is 0 Å². The summed E-state index contributed by atoms with van der Waals surface area (Å²) in [5.74, 6) is -0.129. The van der Waals surface area contributed by atoms with E-state index in [0.29, 0.717) is 11.3 Å². The first-order chi connectivity index (χ1) is 11.3. The molecule has 0 aliphatic carbocycles. The molecular weight excluding hydrogens is 324 g/mol. The minimum absolute atomic E-state index is 0.129. The second-order valence-electron chi connectivity index (χ2n) is 5.78. The number of nitrogens with zero attached hydrogens (tertiary/aromatic N) is 1. The number of amides is 1. The molecule has 0 saturated heterocycles. The number of sulfonamides is 1. The Labute approximate surface area is 143 Å². The van der Waals surface area contributed by atoms with Crippen molar-refractivity contribution in [2.24, 2.45) is 0 Å². The Kier molecular flexibility index (Phi) is 5.62. The van der Waals surface area contributed by atoms with Gasteiger partial charge in [0, 0.05) is 25.3 Å². The van der Waals surface area contributed by atoms with E-state index in [4.69, 9.17) is 0 Å². The number of benzene rings is 2.